The molecule has 2 nitrogen and oxygen atoms in total. The van der Waals surface area contributed by atoms with Gasteiger partial charge in [-0.05, 0) is 42.5 Å². The number of aromatic amines is 1. The SMILES string of the molecule is Fc1cccc(-n2c(=S)[nH]c3c(F)cccc32)c1. The van der Waals surface area contributed by atoms with E-state index in [0.29, 0.717) is 21.5 Å². The van der Waals surface area contributed by atoms with E-state index in [9.17, 15) is 8.78 Å². The van der Waals surface area contributed by atoms with E-state index in [1.165, 1.54) is 18.2 Å². The highest BCUT2D eigenvalue weighted by Gasteiger charge is 2.09. The topological polar surface area (TPSA) is 20.7 Å². The van der Waals surface area contributed by atoms with Crippen LogP contribution in [0.4, 0.5) is 8.78 Å². The minimum atomic E-state index is -0.381. The van der Waals surface area contributed by atoms with Crippen molar-refractivity contribution in [3.8, 4) is 5.69 Å². The van der Waals surface area contributed by atoms with Gasteiger partial charge in [0.1, 0.15) is 17.2 Å². The number of nitrogens with one attached hydrogen (secondary N) is 1. The van der Waals surface area contributed by atoms with Crippen LogP contribution in [0, 0.1) is 16.4 Å². The van der Waals surface area contributed by atoms with Gasteiger partial charge in [-0.2, -0.15) is 0 Å². The molecule has 0 aliphatic rings. The molecule has 18 heavy (non-hydrogen) atoms. The maximum Gasteiger partial charge on any atom is 0.182 e. The van der Waals surface area contributed by atoms with Gasteiger partial charge in [-0.1, -0.05) is 12.1 Å². The van der Waals surface area contributed by atoms with Gasteiger partial charge in [-0.25, -0.2) is 8.78 Å². The first-order valence-electron chi connectivity index (χ1n) is 5.32. The van der Waals surface area contributed by atoms with Gasteiger partial charge in [0, 0.05) is 0 Å². The summed E-state index contributed by atoms with van der Waals surface area (Å²) in [6.07, 6.45) is 0. The second kappa shape index (κ2) is 4.03. The second-order valence-corrected chi connectivity index (χ2v) is 4.27. The third-order valence-corrected chi connectivity index (χ3v) is 3.02. The summed E-state index contributed by atoms with van der Waals surface area (Å²) in [4.78, 5) is 2.79. The first-order valence-corrected chi connectivity index (χ1v) is 5.73. The van der Waals surface area contributed by atoms with E-state index in [2.05, 4.69) is 4.98 Å². The van der Waals surface area contributed by atoms with Crippen LogP contribution >= 0.6 is 12.2 Å². The lowest BCUT2D eigenvalue weighted by Crippen LogP contribution is -1.94. The van der Waals surface area contributed by atoms with Gasteiger partial charge in [-0.3, -0.25) is 4.57 Å². The lowest BCUT2D eigenvalue weighted by molar-refractivity contribution is 0.626. The first-order chi connectivity index (χ1) is 8.66. The number of benzene rings is 2. The standard InChI is InChI=1S/C13H8F2N2S/c14-8-3-1-4-9(7-8)17-11-6-2-5-10(15)12(11)16-13(17)18/h1-7H,(H,16,18). The molecule has 1 heterocycles. The number of aromatic nitrogens is 2. The van der Waals surface area contributed by atoms with E-state index < -0.39 is 0 Å². The summed E-state index contributed by atoms with van der Waals surface area (Å²) in [6, 6.07) is 10.7. The van der Waals surface area contributed by atoms with Gasteiger partial charge in [0.15, 0.2) is 4.77 Å². The molecule has 0 unspecified atom stereocenters. The predicted octanol–water partition coefficient (Wildman–Crippen LogP) is 3.97. The first kappa shape index (κ1) is 11.1. The fourth-order valence-electron chi connectivity index (χ4n) is 1.97. The maximum absolute atomic E-state index is 13.6. The van der Waals surface area contributed by atoms with Crippen molar-refractivity contribution in [3.63, 3.8) is 0 Å². The van der Waals surface area contributed by atoms with Crippen LogP contribution in [0.3, 0.4) is 0 Å². The number of halogens is 2. The Bertz CT molecular complexity index is 789. The quantitative estimate of drug-likeness (QED) is 0.658. The third-order valence-electron chi connectivity index (χ3n) is 2.73. The van der Waals surface area contributed by atoms with Crippen molar-refractivity contribution in [2.75, 3.05) is 0 Å². The summed E-state index contributed by atoms with van der Waals surface area (Å²) >= 11 is 5.16. The number of hydrogen-bond acceptors (Lipinski definition) is 1. The van der Waals surface area contributed by atoms with Crippen molar-refractivity contribution in [1.82, 2.24) is 9.55 Å². The Balaban J connectivity index is 2.39. The summed E-state index contributed by atoms with van der Waals surface area (Å²) < 4.78 is 28.8. The van der Waals surface area contributed by atoms with Crippen molar-refractivity contribution in [2.45, 2.75) is 0 Å². The molecule has 0 fully saturated rings. The van der Waals surface area contributed by atoms with Gasteiger partial charge in [0.05, 0.1) is 11.2 Å². The zero-order valence-electron chi connectivity index (χ0n) is 9.15. The van der Waals surface area contributed by atoms with Crippen molar-refractivity contribution in [3.05, 3.63) is 58.9 Å². The highest BCUT2D eigenvalue weighted by atomic mass is 32.1. The lowest BCUT2D eigenvalue weighted by Gasteiger charge is -2.04. The monoisotopic (exact) mass is 262 g/mol. The molecule has 0 saturated heterocycles. The van der Waals surface area contributed by atoms with Crippen molar-refractivity contribution < 1.29 is 8.78 Å². The van der Waals surface area contributed by atoms with Crippen LogP contribution in [0.2, 0.25) is 0 Å². The van der Waals surface area contributed by atoms with E-state index in [4.69, 9.17) is 12.2 Å². The van der Waals surface area contributed by atoms with Crippen LogP contribution in [-0.4, -0.2) is 9.55 Å². The van der Waals surface area contributed by atoms with Crippen molar-refractivity contribution >= 4 is 23.3 Å². The number of rotatable bonds is 1. The van der Waals surface area contributed by atoms with Crippen LogP contribution in [0.15, 0.2) is 42.5 Å². The van der Waals surface area contributed by atoms with Crippen LogP contribution < -0.4 is 0 Å². The molecule has 0 amide bonds. The minimum absolute atomic E-state index is 0.326. The smallest absolute Gasteiger partial charge is 0.182 e. The van der Waals surface area contributed by atoms with Crippen LogP contribution in [0.5, 0.6) is 0 Å². The zero-order valence-corrected chi connectivity index (χ0v) is 9.97. The van der Waals surface area contributed by atoms with Crippen LogP contribution in [-0.2, 0) is 0 Å². The molecular weight excluding hydrogens is 254 g/mol. The average Bonchev–Trinajstić information content (AvgIpc) is 2.67. The Morgan fingerprint density at radius 3 is 2.61 bits per heavy atom. The van der Waals surface area contributed by atoms with Gasteiger partial charge in [-0.15, -0.1) is 0 Å². The Morgan fingerprint density at radius 1 is 1.06 bits per heavy atom. The highest BCUT2D eigenvalue weighted by molar-refractivity contribution is 7.71. The van der Waals surface area contributed by atoms with Gasteiger partial charge >= 0.3 is 0 Å². The Labute approximate surface area is 106 Å². The van der Waals surface area contributed by atoms with E-state index in [1.807, 2.05) is 0 Å². The molecule has 3 rings (SSSR count). The van der Waals surface area contributed by atoms with Crippen LogP contribution in [0.1, 0.15) is 0 Å². The molecule has 0 aliphatic carbocycles. The molecule has 3 aromatic rings. The van der Waals surface area contributed by atoms with Gasteiger partial charge < -0.3 is 4.98 Å². The maximum atomic E-state index is 13.6. The molecule has 0 spiro atoms. The average molecular weight is 262 g/mol. The molecule has 2 aromatic carbocycles. The molecule has 1 N–H and O–H groups in total. The highest BCUT2D eigenvalue weighted by Crippen LogP contribution is 2.21. The number of para-hydroxylation sites is 1. The summed E-state index contributed by atoms with van der Waals surface area (Å²) in [5.74, 6) is -0.742. The van der Waals surface area contributed by atoms with Gasteiger partial charge in [0.2, 0.25) is 0 Å². The van der Waals surface area contributed by atoms with Crippen molar-refractivity contribution in [2.24, 2.45) is 0 Å². The summed E-state index contributed by atoms with van der Waals surface area (Å²) in [6.45, 7) is 0. The van der Waals surface area contributed by atoms with Crippen molar-refractivity contribution in [1.29, 1.82) is 0 Å². The zero-order chi connectivity index (χ0) is 12.7. The number of hydrogen-bond donors (Lipinski definition) is 1. The second-order valence-electron chi connectivity index (χ2n) is 3.88. The minimum Gasteiger partial charge on any atom is -0.328 e. The van der Waals surface area contributed by atoms with E-state index in [1.54, 1.807) is 28.8 Å². The van der Waals surface area contributed by atoms with Gasteiger partial charge in [0.25, 0.3) is 0 Å². The fourth-order valence-corrected chi connectivity index (χ4v) is 2.27. The predicted molar refractivity (Wildman–Crippen MR) is 68.4 cm³/mol. The number of nitrogens with zero attached hydrogens (tertiary/aromatic N) is 1. The van der Waals surface area contributed by atoms with Crippen LogP contribution in [0.25, 0.3) is 16.7 Å². The van der Waals surface area contributed by atoms with E-state index in [-0.39, 0.29) is 11.6 Å². The molecule has 0 atom stereocenters. The van der Waals surface area contributed by atoms with E-state index in [0.717, 1.165) is 0 Å². The number of fused-ring (bicyclic) bond motifs is 1. The molecule has 0 saturated carbocycles. The summed E-state index contributed by atoms with van der Waals surface area (Å²) in [5, 5.41) is 0. The Hall–Kier alpha value is -2.01. The molecular formula is C13H8F2N2S. The largest absolute Gasteiger partial charge is 0.328 e. The molecule has 90 valence electrons. The summed E-state index contributed by atoms with van der Waals surface area (Å²) in [5.41, 5.74) is 1.48. The molecule has 0 radical (unpaired) electrons. The Morgan fingerprint density at radius 2 is 1.83 bits per heavy atom. The molecule has 1 aromatic heterocycles. The molecule has 0 aliphatic heterocycles. The normalized spacial score (nSPS) is 11.0. The van der Waals surface area contributed by atoms with E-state index >= 15 is 0 Å². The number of H-pyrrole nitrogens is 1. The Kier molecular flexibility index (Phi) is 2.48. The molecule has 0 bridgehead atoms. The molecule has 5 heteroatoms. The third kappa shape index (κ3) is 1.64. The summed E-state index contributed by atoms with van der Waals surface area (Å²) in [7, 11) is 0. The lowest BCUT2D eigenvalue weighted by atomic mass is 10.2. The number of imidazole rings is 1. The fraction of sp³-hybridized carbons (Fsp3) is 0.